The van der Waals surface area contributed by atoms with E-state index in [0.29, 0.717) is 16.6 Å². The molecule has 0 aliphatic heterocycles. The van der Waals surface area contributed by atoms with E-state index in [1.54, 1.807) is 47.7 Å². The van der Waals surface area contributed by atoms with Gasteiger partial charge >= 0.3 is 6.18 Å². The molecule has 2 aromatic heterocycles. The number of alkyl halides is 3. The number of hydrogen-bond acceptors (Lipinski definition) is 2. The van der Waals surface area contributed by atoms with Gasteiger partial charge in [-0.05, 0) is 36.8 Å². The predicted octanol–water partition coefficient (Wildman–Crippen LogP) is 4.84. The van der Waals surface area contributed by atoms with Crippen LogP contribution >= 0.6 is 0 Å². The van der Waals surface area contributed by atoms with Crippen molar-refractivity contribution in [2.24, 2.45) is 0 Å². The maximum atomic E-state index is 13.6. The van der Waals surface area contributed by atoms with E-state index in [9.17, 15) is 13.2 Å². The first-order valence-corrected chi connectivity index (χ1v) is 7.22. The lowest BCUT2D eigenvalue weighted by molar-refractivity contribution is -0.139. The van der Waals surface area contributed by atoms with Crippen LogP contribution in [0.4, 0.5) is 13.2 Å². The second-order valence-corrected chi connectivity index (χ2v) is 5.60. The van der Waals surface area contributed by atoms with Crippen LogP contribution in [0.15, 0.2) is 42.5 Å². The number of nitriles is 1. The fourth-order valence-electron chi connectivity index (χ4n) is 3.18. The van der Waals surface area contributed by atoms with Gasteiger partial charge in [-0.3, -0.25) is 0 Å². The van der Waals surface area contributed by atoms with Crippen LogP contribution in [-0.4, -0.2) is 9.38 Å². The Morgan fingerprint density at radius 3 is 2.54 bits per heavy atom. The number of hydrogen-bond donors (Lipinski definition) is 0. The Bertz CT molecular complexity index is 1160. The minimum absolute atomic E-state index is 0.0564. The van der Waals surface area contributed by atoms with Crippen LogP contribution in [-0.2, 0) is 6.18 Å². The number of rotatable bonds is 0. The Hall–Kier alpha value is -3.07. The number of para-hydroxylation sites is 1. The quantitative estimate of drug-likeness (QED) is 0.464. The standard InChI is InChI=1S/C18H10F3N3/c1-10-12-4-2-3-5-14(12)24-15-7-6-11(9-22)8-13(15)23-17(16(10)24)18(19,20)21/h2-8H,1H3. The molecule has 24 heavy (non-hydrogen) atoms. The highest BCUT2D eigenvalue weighted by Crippen LogP contribution is 2.38. The van der Waals surface area contributed by atoms with Gasteiger partial charge in [0.1, 0.15) is 0 Å². The average Bonchev–Trinajstić information content (AvgIpc) is 2.86. The molecule has 0 bridgehead atoms. The first kappa shape index (κ1) is 14.5. The van der Waals surface area contributed by atoms with E-state index in [1.807, 2.05) is 6.07 Å². The summed E-state index contributed by atoms with van der Waals surface area (Å²) in [5, 5.41) is 9.76. The number of nitrogens with zero attached hydrogens (tertiary/aromatic N) is 3. The molecule has 0 radical (unpaired) electrons. The molecule has 3 nitrogen and oxygen atoms in total. The summed E-state index contributed by atoms with van der Waals surface area (Å²) >= 11 is 0. The minimum Gasteiger partial charge on any atom is -0.305 e. The van der Waals surface area contributed by atoms with E-state index >= 15 is 0 Å². The van der Waals surface area contributed by atoms with E-state index in [1.165, 1.54) is 6.07 Å². The number of benzene rings is 2. The summed E-state index contributed by atoms with van der Waals surface area (Å²) in [5.41, 5.74) is 1.32. The fraction of sp³-hybridized carbons (Fsp3) is 0.111. The van der Waals surface area contributed by atoms with Gasteiger partial charge < -0.3 is 4.40 Å². The van der Waals surface area contributed by atoms with E-state index in [-0.39, 0.29) is 16.6 Å². The molecule has 0 atom stereocenters. The van der Waals surface area contributed by atoms with Crippen LogP contribution in [0, 0.1) is 18.3 Å². The van der Waals surface area contributed by atoms with Crippen molar-refractivity contribution in [1.29, 1.82) is 5.26 Å². The molecule has 0 N–H and O–H groups in total. The van der Waals surface area contributed by atoms with Crippen LogP contribution in [0.5, 0.6) is 0 Å². The second kappa shape index (κ2) is 4.71. The monoisotopic (exact) mass is 325 g/mol. The number of fused-ring (bicyclic) bond motifs is 5. The molecule has 0 amide bonds. The van der Waals surface area contributed by atoms with Crippen LogP contribution in [0.25, 0.3) is 27.5 Å². The molecule has 0 saturated heterocycles. The van der Waals surface area contributed by atoms with Crippen LogP contribution < -0.4 is 0 Å². The Labute approximate surface area is 134 Å². The highest BCUT2D eigenvalue weighted by atomic mass is 19.4. The summed E-state index contributed by atoms with van der Waals surface area (Å²) in [6.07, 6.45) is -4.59. The maximum Gasteiger partial charge on any atom is 0.435 e. The summed E-state index contributed by atoms with van der Waals surface area (Å²) in [6, 6.07) is 13.7. The molecule has 2 heterocycles. The topological polar surface area (TPSA) is 41.1 Å². The molecule has 0 fully saturated rings. The Balaban J connectivity index is 2.35. The summed E-state index contributed by atoms with van der Waals surface area (Å²) in [7, 11) is 0. The van der Waals surface area contributed by atoms with Crippen LogP contribution in [0.3, 0.4) is 0 Å². The van der Waals surface area contributed by atoms with Crippen molar-refractivity contribution in [3.8, 4) is 6.07 Å². The molecule has 4 rings (SSSR count). The normalized spacial score (nSPS) is 12.1. The smallest absolute Gasteiger partial charge is 0.305 e. The third-order valence-corrected chi connectivity index (χ3v) is 4.20. The molecule has 4 aromatic rings. The Morgan fingerprint density at radius 2 is 1.83 bits per heavy atom. The molecular formula is C18H10F3N3. The van der Waals surface area contributed by atoms with Crippen molar-refractivity contribution < 1.29 is 13.2 Å². The van der Waals surface area contributed by atoms with Crippen molar-refractivity contribution >= 4 is 27.5 Å². The zero-order chi connectivity index (χ0) is 17.1. The van der Waals surface area contributed by atoms with Gasteiger partial charge in [-0.15, -0.1) is 0 Å². The summed E-state index contributed by atoms with van der Waals surface area (Å²) in [4.78, 5) is 3.84. The maximum absolute atomic E-state index is 13.6. The first-order valence-electron chi connectivity index (χ1n) is 7.22. The van der Waals surface area contributed by atoms with Crippen LogP contribution in [0.2, 0.25) is 0 Å². The van der Waals surface area contributed by atoms with E-state index < -0.39 is 11.9 Å². The molecular weight excluding hydrogens is 315 g/mol. The molecule has 0 saturated carbocycles. The van der Waals surface area contributed by atoms with Crippen LogP contribution in [0.1, 0.15) is 16.8 Å². The van der Waals surface area contributed by atoms with Gasteiger partial charge in [0.05, 0.1) is 33.7 Å². The lowest BCUT2D eigenvalue weighted by atomic mass is 10.1. The molecule has 0 aliphatic rings. The number of halogens is 3. The molecule has 118 valence electrons. The van der Waals surface area contributed by atoms with Gasteiger partial charge in [-0.1, -0.05) is 18.2 Å². The molecule has 0 aliphatic carbocycles. The minimum atomic E-state index is -4.59. The SMILES string of the molecule is Cc1c2ccccc2n2c1c(C(F)(F)F)nc1cc(C#N)ccc12. The number of aromatic nitrogens is 2. The molecule has 6 heteroatoms. The fourth-order valence-corrected chi connectivity index (χ4v) is 3.18. The van der Waals surface area contributed by atoms with Crippen molar-refractivity contribution in [3.63, 3.8) is 0 Å². The van der Waals surface area contributed by atoms with E-state index in [0.717, 1.165) is 5.39 Å². The zero-order valence-electron chi connectivity index (χ0n) is 12.5. The van der Waals surface area contributed by atoms with Gasteiger partial charge in [-0.25, -0.2) is 4.98 Å². The van der Waals surface area contributed by atoms with Crippen molar-refractivity contribution in [2.45, 2.75) is 13.1 Å². The number of aryl methyl sites for hydroxylation is 1. The van der Waals surface area contributed by atoms with Crippen molar-refractivity contribution in [3.05, 3.63) is 59.3 Å². The van der Waals surface area contributed by atoms with Gasteiger partial charge in [0.25, 0.3) is 0 Å². The largest absolute Gasteiger partial charge is 0.435 e. The first-order chi connectivity index (χ1) is 11.4. The van der Waals surface area contributed by atoms with Gasteiger partial charge in [0.2, 0.25) is 0 Å². The van der Waals surface area contributed by atoms with E-state index in [4.69, 9.17) is 5.26 Å². The Morgan fingerprint density at radius 1 is 1.08 bits per heavy atom. The molecule has 0 spiro atoms. The van der Waals surface area contributed by atoms with Gasteiger partial charge in [0, 0.05) is 5.39 Å². The summed E-state index contributed by atoms with van der Waals surface area (Å²) < 4.78 is 42.4. The molecule has 0 unspecified atom stereocenters. The molecule has 2 aromatic carbocycles. The van der Waals surface area contributed by atoms with Gasteiger partial charge in [-0.2, -0.15) is 18.4 Å². The summed E-state index contributed by atoms with van der Waals surface area (Å²) in [6.45, 7) is 1.67. The third kappa shape index (κ3) is 1.88. The second-order valence-electron chi connectivity index (χ2n) is 5.60. The average molecular weight is 325 g/mol. The van der Waals surface area contributed by atoms with Crippen molar-refractivity contribution in [1.82, 2.24) is 9.38 Å². The Kier molecular flexibility index (Phi) is 2.85. The highest BCUT2D eigenvalue weighted by molar-refractivity contribution is 5.97. The highest BCUT2D eigenvalue weighted by Gasteiger charge is 2.37. The third-order valence-electron chi connectivity index (χ3n) is 4.20. The van der Waals surface area contributed by atoms with E-state index in [2.05, 4.69) is 4.98 Å². The van der Waals surface area contributed by atoms with Crippen molar-refractivity contribution in [2.75, 3.05) is 0 Å². The lowest BCUT2D eigenvalue weighted by Gasteiger charge is -2.12. The van der Waals surface area contributed by atoms with Gasteiger partial charge in [0.15, 0.2) is 5.69 Å². The summed E-state index contributed by atoms with van der Waals surface area (Å²) in [5.74, 6) is 0. The zero-order valence-corrected chi connectivity index (χ0v) is 12.5. The lowest BCUT2D eigenvalue weighted by Crippen LogP contribution is -2.11. The predicted molar refractivity (Wildman–Crippen MR) is 84.7 cm³/mol.